The Balaban J connectivity index is 1.53. The third-order valence-electron chi connectivity index (χ3n) is 10.9. The third-order valence-corrected chi connectivity index (χ3v) is 10.9. The summed E-state index contributed by atoms with van der Waals surface area (Å²) in [6, 6.07) is 0. The van der Waals surface area contributed by atoms with E-state index in [4.69, 9.17) is 0 Å². The van der Waals surface area contributed by atoms with Gasteiger partial charge in [0.2, 0.25) is 0 Å². The Kier molecular flexibility index (Phi) is 6.04. The highest BCUT2D eigenvalue weighted by molar-refractivity contribution is 5.34. The van der Waals surface area contributed by atoms with Gasteiger partial charge in [0.1, 0.15) is 0 Å². The van der Waals surface area contributed by atoms with Crippen LogP contribution in [0.2, 0.25) is 0 Å². The van der Waals surface area contributed by atoms with Crippen LogP contribution in [0.5, 0.6) is 0 Å². The van der Waals surface area contributed by atoms with Crippen molar-refractivity contribution in [3.63, 3.8) is 0 Å². The standard InChI is InChI=1S/C28H48O/c1-18(2)19(3)7-8-20(4)24-11-12-25-23-10-9-21-17-22(29)13-15-27(21,5)26(23)14-16-28(24,25)6/h18-22,24,26,29H,7-17H2,1-6H3/t19-,20-,21?,22+,24-,26+,27+,28-/m1/s1. The maximum Gasteiger partial charge on any atom is 0.0543 e. The van der Waals surface area contributed by atoms with Gasteiger partial charge in [0.25, 0.3) is 0 Å². The van der Waals surface area contributed by atoms with Gasteiger partial charge in [-0.05, 0) is 104 Å². The molecule has 0 saturated heterocycles. The molecule has 0 aromatic heterocycles. The van der Waals surface area contributed by atoms with Crippen LogP contribution < -0.4 is 0 Å². The highest BCUT2D eigenvalue weighted by Gasteiger charge is 2.55. The molecule has 4 aliphatic carbocycles. The molecule has 166 valence electrons. The molecule has 0 radical (unpaired) electrons. The molecule has 8 atom stereocenters. The molecule has 4 rings (SSSR count). The molecule has 1 N–H and O–H groups in total. The van der Waals surface area contributed by atoms with Crippen LogP contribution in [0.25, 0.3) is 0 Å². The van der Waals surface area contributed by atoms with Gasteiger partial charge in [-0.1, -0.05) is 65.5 Å². The van der Waals surface area contributed by atoms with Crippen molar-refractivity contribution in [1.29, 1.82) is 0 Å². The molecule has 0 amide bonds. The Morgan fingerprint density at radius 3 is 2.41 bits per heavy atom. The van der Waals surface area contributed by atoms with Crippen LogP contribution in [0, 0.1) is 46.3 Å². The van der Waals surface area contributed by atoms with Crippen molar-refractivity contribution in [1.82, 2.24) is 0 Å². The summed E-state index contributed by atoms with van der Waals surface area (Å²) in [6.07, 6.45) is 14.5. The SMILES string of the molecule is CC(C)[C@H](C)CC[C@@H](C)[C@H]1CCC2=C3CCC4C[C@@H](O)CC[C@]4(C)[C@H]3CC[C@@]21C. The maximum atomic E-state index is 10.3. The Morgan fingerprint density at radius 1 is 0.931 bits per heavy atom. The van der Waals surface area contributed by atoms with E-state index < -0.39 is 0 Å². The molecule has 1 nitrogen and oxygen atoms in total. The molecule has 29 heavy (non-hydrogen) atoms. The van der Waals surface area contributed by atoms with E-state index in [0.717, 1.165) is 48.3 Å². The van der Waals surface area contributed by atoms with Crippen LogP contribution in [0.15, 0.2) is 11.1 Å². The molecule has 0 aromatic rings. The van der Waals surface area contributed by atoms with Crippen LogP contribution in [0.3, 0.4) is 0 Å². The molecule has 3 fully saturated rings. The van der Waals surface area contributed by atoms with Gasteiger partial charge in [-0.15, -0.1) is 0 Å². The average molecular weight is 401 g/mol. The zero-order valence-corrected chi connectivity index (χ0v) is 20.3. The Hall–Kier alpha value is -0.300. The summed E-state index contributed by atoms with van der Waals surface area (Å²) in [7, 11) is 0. The Labute approximate surface area is 181 Å². The third kappa shape index (κ3) is 3.66. The van der Waals surface area contributed by atoms with Crippen molar-refractivity contribution in [3.05, 3.63) is 11.1 Å². The molecular formula is C28H48O. The van der Waals surface area contributed by atoms with Gasteiger partial charge in [-0.25, -0.2) is 0 Å². The lowest BCUT2D eigenvalue weighted by atomic mass is 9.49. The molecule has 4 aliphatic rings. The predicted molar refractivity (Wildman–Crippen MR) is 124 cm³/mol. The topological polar surface area (TPSA) is 20.2 Å². The number of hydrogen-bond donors (Lipinski definition) is 1. The van der Waals surface area contributed by atoms with E-state index in [2.05, 4.69) is 41.5 Å². The molecule has 0 spiro atoms. The first-order chi connectivity index (χ1) is 13.7. The van der Waals surface area contributed by atoms with Crippen molar-refractivity contribution in [2.24, 2.45) is 46.3 Å². The van der Waals surface area contributed by atoms with Gasteiger partial charge in [0, 0.05) is 0 Å². The zero-order valence-electron chi connectivity index (χ0n) is 20.3. The summed E-state index contributed by atoms with van der Waals surface area (Å²) >= 11 is 0. The first kappa shape index (κ1) is 21.9. The highest BCUT2D eigenvalue weighted by Crippen LogP contribution is 2.65. The van der Waals surface area contributed by atoms with Gasteiger partial charge in [0.05, 0.1) is 6.10 Å². The summed E-state index contributed by atoms with van der Waals surface area (Å²) in [6.45, 7) is 15.0. The fourth-order valence-electron chi connectivity index (χ4n) is 8.48. The second-order valence-electron chi connectivity index (χ2n) is 12.6. The number of fused-ring (bicyclic) bond motifs is 4. The first-order valence-electron chi connectivity index (χ1n) is 13.1. The van der Waals surface area contributed by atoms with Gasteiger partial charge in [-0.3, -0.25) is 0 Å². The van der Waals surface area contributed by atoms with Gasteiger partial charge < -0.3 is 5.11 Å². The maximum absolute atomic E-state index is 10.3. The Bertz CT molecular complexity index is 632. The zero-order chi connectivity index (χ0) is 21.0. The van der Waals surface area contributed by atoms with Gasteiger partial charge >= 0.3 is 0 Å². The molecule has 0 bridgehead atoms. The van der Waals surface area contributed by atoms with E-state index in [-0.39, 0.29) is 6.10 Å². The van der Waals surface area contributed by atoms with Crippen molar-refractivity contribution < 1.29 is 5.11 Å². The summed E-state index contributed by atoms with van der Waals surface area (Å²) in [5, 5.41) is 10.3. The second-order valence-corrected chi connectivity index (χ2v) is 12.6. The molecule has 3 saturated carbocycles. The Morgan fingerprint density at radius 2 is 1.69 bits per heavy atom. The lowest BCUT2D eigenvalue weighted by Crippen LogP contribution is -2.48. The quantitative estimate of drug-likeness (QED) is 0.467. The van der Waals surface area contributed by atoms with Gasteiger partial charge in [-0.2, -0.15) is 0 Å². The van der Waals surface area contributed by atoms with E-state index >= 15 is 0 Å². The lowest BCUT2D eigenvalue weighted by Gasteiger charge is -2.56. The van der Waals surface area contributed by atoms with Crippen LogP contribution in [-0.2, 0) is 0 Å². The summed E-state index contributed by atoms with van der Waals surface area (Å²) in [4.78, 5) is 0. The normalized spacial score (nSPS) is 44.3. The van der Waals surface area contributed by atoms with E-state index in [1.807, 2.05) is 11.1 Å². The minimum atomic E-state index is -0.0268. The molecule has 1 unspecified atom stereocenters. The van der Waals surface area contributed by atoms with Crippen LogP contribution >= 0.6 is 0 Å². The lowest BCUT2D eigenvalue weighted by molar-refractivity contribution is -0.0381. The number of hydrogen-bond acceptors (Lipinski definition) is 1. The minimum Gasteiger partial charge on any atom is -0.393 e. The second kappa shape index (κ2) is 7.99. The van der Waals surface area contributed by atoms with E-state index in [1.165, 1.54) is 57.8 Å². The molecule has 0 heterocycles. The molecule has 1 heteroatoms. The van der Waals surface area contributed by atoms with Crippen LogP contribution in [0.4, 0.5) is 0 Å². The van der Waals surface area contributed by atoms with Crippen molar-refractivity contribution in [2.75, 3.05) is 0 Å². The molecule has 0 aliphatic heterocycles. The van der Waals surface area contributed by atoms with Crippen molar-refractivity contribution in [2.45, 2.75) is 118 Å². The van der Waals surface area contributed by atoms with Crippen molar-refractivity contribution >= 4 is 0 Å². The highest BCUT2D eigenvalue weighted by atomic mass is 16.3. The fraction of sp³-hybridized carbons (Fsp3) is 0.929. The fourth-order valence-corrected chi connectivity index (χ4v) is 8.48. The van der Waals surface area contributed by atoms with Crippen LogP contribution in [0.1, 0.15) is 112 Å². The summed E-state index contributed by atoms with van der Waals surface area (Å²) in [5.41, 5.74) is 4.80. The van der Waals surface area contributed by atoms with Gasteiger partial charge in [0.15, 0.2) is 0 Å². The largest absolute Gasteiger partial charge is 0.393 e. The van der Waals surface area contributed by atoms with Crippen molar-refractivity contribution in [3.8, 4) is 0 Å². The first-order valence-corrected chi connectivity index (χ1v) is 13.1. The predicted octanol–water partition coefficient (Wildman–Crippen LogP) is 7.78. The smallest absolute Gasteiger partial charge is 0.0543 e. The summed E-state index contributed by atoms with van der Waals surface area (Å²) in [5.74, 6) is 5.04. The number of aliphatic hydroxyl groups excluding tert-OH is 1. The average Bonchev–Trinajstić information content (AvgIpc) is 3.03. The molecule has 0 aromatic carbocycles. The van der Waals surface area contributed by atoms with E-state index in [0.29, 0.717) is 10.8 Å². The number of rotatable bonds is 5. The van der Waals surface area contributed by atoms with E-state index in [1.54, 1.807) is 0 Å². The summed E-state index contributed by atoms with van der Waals surface area (Å²) < 4.78 is 0. The molecular weight excluding hydrogens is 352 g/mol. The monoisotopic (exact) mass is 400 g/mol. The minimum absolute atomic E-state index is 0.0268. The van der Waals surface area contributed by atoms with E-state index in [9.17, 15) is 5.11 Å². The van der Waals surface area contributed by atoms with Crippen LogP contribution in [-0.4, -0.2) is 11.2 Å². The number of aliphatic hydroxyl groups is 1. The number of allylic oxidation sites excluding steroid dienone is 2.